The Hall–Kier alpha value is -4.86. The van der Waals surface area contributed by atoms with Gasteiger partial charge >= 0.3 is 0 Å². The van der Waals surface area contributed by atoms with Crippen LogP contribution in [0.5, 0.6) is 28.7 Å². The van der Waals surface area contributed by atoms with Gasteiger partial charge < -0.3 is 36.0 Å². The maximum absolute atomic E-state index is 11.1. The summed E-state index contributed by atoms with van der Waals surface area (Å²) in [6, 6.07) is 17.7. The van der Waals surface area contributed by atoms with Crippen LogP contribution in [0.1, 0.15) is 53.5 Å². The predicted octanol–water partition coefficient (Wildman–Crippen LogP) is 6.06. The van der Waals surface area contributed by atoms with Gasteiger partial charge in [0.25, 0.3) is 0 Å². The summed E-state index contributed by atoms with van der Waals surface area (Å²) in [6.07, 6.45) is 10.6. The van der Waals surface area contributed by atoms with Crippen LogP contribution in [0.15, 0.2) is 70.6 Å². The first kappa shape index (κ1) is 32.1. The lowest BCUT2D eigenvalue weighted by molar-refractivity contribution is 0.0966. The highest BCUT2D eigenvalue weighted by molar-refractivity contribution is 6.34. The van der Waals surface area contributed by atoms with Crippen LogP contribution in [-0.2, 0) is 19.4 Å². The number of aliphatic hydroxyl groups is 1. The molecule has 1 fully saturated rings. The maximum Gasteiger partial charge on any atom is 0.169 e. The molecule has 7 N–H and O–H groups in total. The molecule has 0 amide bonds. The van der Waals surface area contributed by atoms with E-state index in [-0.39, 0.29) is 52.1 Å². The summed E-state index contributed by atoms with van der Waals surface area (Å²) in [5.41, 5.74) is 4.78. The zero-order chi connectivity index (χ0) is 33.0. The molecule has 0 saturated heterocycles. The molecule has 9 nitrogen and oxygen atoms in total. The fraction of sp³-hybridized carbons (Fsp3) is 0.316. The molecule has 47 heavy (non-hydrogen) atoms. The highest BCUT2D eigenvalue weighted by atomic mass is 16.3. The van der Waals surface area contributed by atoms with Crippen LogP contribution >= 0.6 is 0 Å². The maximum atomic E-state index is 11.1. The Balaban J connectivity index is 1.19. The van der Waals surface area contributed by atoms with E-state index in [9.17, 15) is 30.6 Å². The van der Waals surface area contributed by atoms with E-state index in [1.165, 1.54) is 18.2 Å². The number of benzene rings is 4. The number of aliphatic imine (C=N–C) groups is 2. The average Bonchev–Trinajstić information content (AvgIpc) is 3.63. The molecule has 4 aromatic carbocycles. The lowest BCUT2D eigenvalue weighted by atomic mass is 9.63. The van der Waals surface area contributed by atoms with E-state index in [4.69, 9.17) is 0 Å². The van der Waals surface area contributed by atoms with Crippen LogP contribution in [0.3, 0.4) is 0 Å². The first-order valence-electron chi connectivity index (χ1n) is 16.1. The predicted molar refractivity (Wildman–Crippen MR) is 185 cm³/mol. The second-order valence-corrected chi connectivity index (χ2v) is 12.6. The first-order valence-corrected chi connectivity index (χ1v) is 16.1. The lowest BCUT2D eigenvalue weighted by Crippen LogP contribution is -2.49. The number of phenolic OH excluding ortho intramolecular Hbond substituents is 5. The molecule has 9 heteroatoms. The fourth-order valence-corrected chi connectivity index (χ4v) is 7.16. The number of hydrogen-bond acceptors (Lipinski definition) is 9. The van der Waals surface area contributed by atoms with Gasteiger partial charge in [-0.05, 0) is 77.4 Å². The Kier molecular flexibility index (Phi) is 9.47. The number of hydrogen-bond donors (Lipinski definition) is 7. The minimum absolute atomic E-state index is 0.145. The molecular formula is C38H41N3O6. The summed E-state index contributed by atoms with van der Waals surface area (Å²) >= 11 is 0. The van der Waals surface area contributed by atoms with Crippen molar-refractivity contribution in [2.45, 2.75) is 45.1 Å². The Morgan fingerprint density at radius 2 is 1.64 bits per heavy atom. The molecule has 1 aliphatic heterocycles. The van der Waals surface area contributed by atoms with Crippen molar-refractivity contribution in [2.24, 2.45) is 21.3 Å². The number of rotatable bonds is 11. The molecule has 2 atom stereocenters. The second-order valence-electron chi connectivity index (χ2n) is 12.6. The number of nitrogens with zero attached hydrogens (tertiary/aromatic N) is 2. The first-order chi connectivity index (χ1) is 22.8. The van der Waals surface area contributed by atoms with Crippen molar-refractivity contribution >= 4 is 34.9 Å². The normalized spacial score (nSPS) is 19.5. The Morgan fingerprint density at radius 3 is 2.38 bits per heavy atom. The molecule has 0 aromatic heterocycles. The van der Waals surface area contributed by atoms with Crippen LogP contribution in [0, 0.1) is 11.3 Å². The zero-order valence-electron chi connectivity index (χ0n) is 26.2. The lowest BCUT2D eigenvalue weighted by Gasteiger charge is -2.43. The summed E-state index contributed by atoms with van der Waals surface area (Å²) in [6.45, 7) is 2.02. The van der Waals surface area contributed by atoms with Crippen LogP contribution in [0.25, 0.3) is 22.9 Å². The molecular weight excluding hydrogens is 594 g/mol. The van der Waals surface area contributed by atoms with Crippen molar-refractivity contribution < 1.29 is 30.6 Å². The molecule has 0 spiro atoms. The quantitative estimate of drug-likeness (QED) is 0.0779. The molecule has 2 unspecified atom stereocenters. The van der Waals surface area contributed by atoms with Gasteiger partial charge in [0.15, 0.2) is 23.0 Å². The van der Waals surface area contributed by atoms with Crippen LogP contribution in [0.2, 0.25) is 0 Å². The van der Waals surface area contributed by atoms with E-state index in [1.807, 2.05) is 6.21 Å². The van der Waals surface area contributed by atoms with Crippen LogP contribution < -0.4 is 5.32 Å². The van der Waals surface area contributed by atoms with Crippen LogP contribution in [-0.4, -0.2) is 62.4 Å². The fourth-order valence-electron chi connectivity index (χ4n) is 7.16. The van der Waals surface area contributed by atoms with Crippen LogP contribution in [0.4, 0.5) is 0 Å². The van der Waals surface area contributed by atoms with Crippen molar-refractivity contribution in [1.29, 1.82) is 0 Å². The summed E-state index contributed by atoms with van der Waals surface area (Å²) in [5.74, 6) is -1.11. The van der Waals surface area contributed by atoms with E-state index in [0.29, 0.717) is 48.1 Å². The third-order valence-electron chi connectivity index (χ3n) is 9.78. The minimum Gasteiger partial charge on any atom is -0.507 e. The monoisotopic (exact) mass is 635 g/mol. The van der Waals surface area contributed by atoms with Gasteiger partial charge in [-0.25, -0.2) is 0 Å². The highest BCUT2D eigenvalue weighted by Gasteiger charge is 2.44. The van der Waals surface area contributed by atoms with Crippen molar-refractivity contribution in [3.05, 3.63) is 88.5 Å². The molecule has 0 radical (unpaired) electrons. The molecule has 2 aliphatic rings. The number of phenols is 5. The van der Waals surface area contributed by atoms with Gasteiger partial charge in [0.2, 0.25) is 0 Å². The molecule has 244 valence electrons. The summed E-state index contributed by atoms with van der Waals surface area (Å²) in [5, 5.41) is 66.7. The Bertz CT molecular complexity index is 1850. The molecule has 1 heterocycles. The molecule has 6 rings (SSSR count). The van der Waals surface area contributed by atoms with Crippen molar-refractivity contribution in [3.63, 3.8) is 0 Å². The van der Waals surface area contributed by atoms with Gasteiger partial charge in [0.05, 0.1) is 11.1 Å². The largest absolute Gasteiger partial charge is 0.507 e. The van der Waals surface area contributed by atoms with E-state index in [0.717, 1.165) is 49.1 Å². The highest BCUT2D eigenvalue weighted by Crippen LogP contribution is 2.45. The SMILES string of the molecule is OCC1CCCCC1(CNCc1ccc(CCc2c(O)c(O)c3c(O)cccc3c2C=Cc2ccc(O)c(O)c2)cc1)C1=NCN=C1. The smallest absolute Gasteiger partial charge is 0.169 e. The van der Waals surface area contributed by atoms with Gasteiger partial charge in [-0.1, -0.05) is 67.5 Å². The third kappa shape index (κ3) is 6.54. The van der Waals surface area contributed by atoms with Gasteiger partial charge in [0.1, 0.15) is 12.4 Å². The number of aliphatic hydroxyl groups excluding tert-OH is 1. The van der Waals surface area contributed by atoms with Crippen molar-refractivity contribution in [2.75, 3.05) is 19.8 Å². The molecule has 1 saturated carbocycles. The topological polar surface area (TPSA) is 158 Å². The van der Waals surface area contributed by atoms with E-state index < -0.39 is 0 Å². The minimum atomic E-state index is -0.372. The number of aromatic hydroxyl groups is 5. The van der Waals surface area contributed by atoms with E-state index in [1.54, 1.807) is 30.4 Å². The van der Waals surface area contributed by atoms with Gasteiger partial charge in [-0.2, -0.15) is 0 Å². The summed E-state index contributed by atoms with van der Waals surface area (Å²) < 4.78 is 0. The van der Waals surface area contributed by atoms with E-state index in [2.05, 4.69) is 39.6 Å². The second kappa shape index (κ2) is 13.9. The summed E-state index contributed by atoms with van der Waals surface area (Å²) in [7, 11) is 0. The van der Waals surface area contributed by atoms with E-state index >= 15 is 0 Å². The Labute approximate surface area is 273 Å². The third-order valence-corrected chi connectivity index (χ3v) is 9.78. The number of aryl methyl sites for hydroxylation is 1. The van der Waals surface area contributed by atoms with Crippen molar-refractivity contribution in [3.8, 4) is 28.7 Å². The van der Waals surface area contributed by atoms with Gasteiger partial charge in [-0.3, -0.25) is 9.98 Å². The molecule has 1 aliphatic carbocycles. The number of fused-ring (bicyclic) bond motifs is 1. The summed E-state index contributed by atoms with van der Waals surface area (Å²) in [4.78, 5) is 8.99. The standard InChI is InChI=1S/C38H41N3O6/c42-21-27-4-1-2-17-38(27,34-20-40-23-41-34)22-39-19-26-9-7-24(8-10-26)11-15-30-28(14-12-25-13-16-31(43)33(45)18-25)29-5-3-6-32(44)35(29)37(47)36(30)46/h3,5-10,12-14,16,18,20,27,39,42-47H,1-2,4,11,15,17,19,21-23H2. The molecule has 0 bridgehead atoms. The average molecular weight is 636 g/mol. The molecule has 4 aromatic rings. The van der Waals surface area contributed by atoms with Gasteiger partial charge in [-0.15, -0.1) is 0 Å². The van der Waals surface area contributed by atoms with Gasteiger partial charge in [0, 0.05) is 36.9 Å². The zero-order valence-corrected chi connectivity index (χ0v) is 26.2. The Morgan fingerprint density at radius 1 is 0.830 bits per heavy atom. The number of nitrogens with one attached hydrogen (secondary N) is 1. The van der Waals surface area contributed by atoms with Crippen molar-refractivity contribution in [1.82, 2.24) is 5.32 Å².